The van der Waals surface area contributed by atoms with Gasteiger partial charge in [0, 0.05) is 63.3 Å². The van der Waals surface area contributed by atoms with Gasteiger partial charge in [0.1, 0.15) is 5.76 Å². The summed E-state index contributed by atoms with van der Waals surface area (Å²) < 4.78 is 5.43. The molecule has 0 bridgehead atoms. The Labute approximate surface area is 126 Å². The van der Waals surface area contributed by atoms with Crippen LogP contribution in [0.5, 0.6) is 0 Å². The van der Waals surface area contributed by atoms with Gasteiger partial charge in [0.25, 0.3) is 0 Å². The van der Waals surface area contributed by atoms with Gasteiger partial charge in [-0.1, -0.05) is 12.1 Å². The van der Waals surface area contributed by atoms with Crippen molar-refractivity contribution in [3.63, 3.8) is 0 Å². The van der Waals surface area contributed by atoms with E-state index in [4.69, 9.17) is 4.52 Å². The van der Waals surface area contributed by atoms with Crippen LogP contribution in [0.1, 0.15) is 37.0 Å². The average Bonchev–Trinajstić information content (AvgIpc) is 3.22. The normalized spacial score (nSPS) is 26.1. The molecule has 0 spiro atoms. The van der Waals surface area contributed by atoms with Crippen molar-refractivity contribution in [2.45, 2.75) is 38.3 Å². The van der Waals surface area contributed by atoms with Crippen molar-refractivity contribution < 1.29 is 4.52 Å². The van der Waals surface area contributed by atoms with Crippen LogP contribution in [0.4, 0.5) is 0 Å². The first-order valence-corrected chi connectivity index (χ1v) is 8.45. The Bertz CT molecular complexity index is 470. The summed E-state index contributed by atoms with van der Waals surface area (Å²) in [7, 11) is 0. The van der Waals surface area contributed by atoms with E-state index < -0.39 is 0 Å². The van der Waals surface area contributed by atoms with E-state index in [1.165, 1.54) is 64.2 Å². The molecule has 2 saturated heterocycles. The first-order chi connectivity index (χ1) is 10.3. The molecule has 0 N–H and O–H groups in total. The van der Waals surface area contributed by atoms with Gasteiger partial charge in [0.2, 0.25) is 0 Å². The predicted molar refractivity (Wildman–Crippen MR) is 81.2 cm³/mol. The second-order valence-corrected chi connectivity index (χ2v) is 6.81. The first-order valence-electron chi connectivity index (χ1n) is 8.45. The van der Waals surface area contributed by atoms with Crippen molar-refractivity contribution in [2.24, 2.45) is 0 Å². The van der Waals surface area contributed by atoms with Crippen LogP contribution in [0.25, 0.3) is 0 Å². The minimum Gasteiger partial charge on any atom is -0.361 e. The Morgan fingerprint density at radius 1 is 1.14 bits per heavy atom. The molecule has 3 heterocycles. The van der Waals surface area contributed by atoms with E-state index in [1.54, 1.807) is 0 Å². The van der Waals surface area contributed by atoms with Crippen LogP contribution in [0.2, 0.25) is 0 Å². The molecule has 0 radical (unpaired) electrons. The van der Waals surface area contributed by atoms with E-state index in [9.17, 15) is 0 Å². The lowest BCUT2D eigenvalue weighted by Gasteiger charge is -2.48. The standard InChI is InChI=1S/C16H26N4O/c1-2-18-5-7-20(8-6-18)15-11-19(12-15)10-14-9-17-21-16(14)13-3-4-13/h9,13,15H,2-8,10-12H2,1H3. The number of nitrogens with zero attached hydrogens (tertiary/aromatic N) is 4. The molecule has 5 nitrogen and oxygen atoms in total. The quantitative estimate of drug-likeness (QED) is 0.818. The van der Waals surface area contributed by atoms with Crippen molar-refractivity contribution >= 4 is 0 Å². The highest BCUT2D eigenvalue weighted by Gasteiger charge is 2.35. The van der Waals surface area contributed by atoms with Gasteiger partial charge in [-0.05, 0) is 19.4 Å². The molecule has 0 atom stereocenters. The molecular weight excluding hydrogens is 264 g/mol. The number of piperazine rings is 1. The lowest BCUT2D eigenvalue weighted by molar-refractivity contribution is 0.00190. The largest absolute Gasteiger partial charge is 0.361 e. The van der Waals surface area contributed by atoms with Gasteiger partial charge in [0.15, 0.2) is 0 Å². The minimum atomic E-state index is 0.668. The zero-order chi connectivity index (χ0) is 14.2. The molecule has 2 aliphatic heterocycles. The summed E-state index contributed by atoms with van der Waals surface area (Å²) in [6.07, 6.45) is 4.50. The smallest absolute Gasteiger partial charge is 0.144 e. The maximum Gasteiger partial charge on any atom is 0.144 e. The van der Waals surface area contributed by atoms with Gasteiger partial charge < -0.3 is 9.42 Å². The molecule has 116 valence electrons. The Morgan fingerprint density at radius 3 is 2.57 bits per heavy atom. The average molecular weight is 290 g/mol. The van der Waals surface area contributed by atoms with Crippen LogP contribution in [0.3, 0.4) is 0 Å². The fraction of sp³-hybridized carbons (Fsp3) is 0.812. The molecule has 21 heavy (non-hydrogen) atoms. The van der Waals surface area contributed by atoms with Crippen LogP contribution >= 0.6 is 0 Å². The Balaban J connectivity index is 1.25. The fourth-order valence-corrected chi connectivity index (χ4v) is 3.66. The highest BCUT2D eigenvalue weighted by molar-refractivity contribution is 5.22. The number of likely N-dealkylation sites (tertiary alicyclic amines) is 1. The minimum absolute atomic E-state index is 0.668. The van der Waals surface area contributed by atoms with Gasteiger partial charge in [0.05, 0.1) is 6.20 Å². The van der Waals surface area contributed by atoms with E-state index >= 15 is 0 Å². The van der Waals surface area contributed by atoms with E-state index in [0.29, 0.717) is 5.92 Å². The molecule has 1 aliphatic carbocycles. The van der Waals surface area contributed by atoms with E-state index in [-0.39, 0.29) is 0 Å². The monoisotopic (exact) mass is 290 g/mol. The topological polar surface area (TPSA) is 35.8 Å². The van der Waals surface area contributed by atoms with Crippen LogP contribution in [0.15, 0.2) is 10.7 Å². The Hall–Kier alpha value is -0.910. The summed E-state index contributed by atoms with van der Waals surface area (Å²) in [4.78, 5) is 7.76. The number of aromatic nitrogens is 1. The van der Waals surface area contributed by atoms with Gasteiger partial charge in [-0.2, -0.15) is 0 Å². The van der Waals surface area contributed by atoms with E-state index in [1.807, 2.05) is 6.20 Å². The SMILES string of the molecule is CCN1CCN(C2CN(Cc3cnoc3C3CC3)C2)CC1. The van der Waals surface area contributed by atoms with Crippen molar-refractivity contribution in [3.8, 4) is 0 Å². The highest BCUT2D eigenvalue weighted by atomic mass is 16.5. The lowest BCUT2D eigenvalue weighted by atomic mass is 10.0. The second-order valence-electron chi connectivity index (χ2n) is 6.81. The maximum atomic E-state index is 5.43. The third kappa shape index (κ3) is 2.87. The molecule has 0 amide bonds. The predicted octanol–water partition coefficient (Wildman–Crippen LogP) is 1.37. The summed E-state index contributed by atoms with van der Waals surface area (Å²) in [5.41, 5.74) is 1.33. The summed E-state index contributed by atoms with van der Waals surface area (Å²) in [6.45, 7) is 11.9. The molecule has 1 aromatic heterocycles. The fourth-order valence-electron chi connectivity index (χ4n) is 3.66. The maximum absolute atomic E-state index is 5.43. The molecule has 4 rings (SSSR count). The summed E-state index contributed by atoms with van der Waals surface area (Å²) in [5, 5.41) is 4.00. The number of hydrogen-bond acceptors (Lipinski definition) is 5. The van der Waals surface area contributed by atoms with Crippen LogP contribution in [-0.2, 0) is 6.54 Å². The molecule has 3 fully saturated rings. The van der Waals surface area contributed by atoms with Gasteiger partial charge in [-0.25, -0.2) is 0 Å². The molecular formula is C16H26N4O. The van der Waals surface area contributed by atoms with E-state index in [2.05, 4.69) is 26.8 Å². The molecule has 1 saturated carbocycles. The van der Waals surface area contributed by atoms with Crippen molar-refractivity contribution in [1.29, 1.82) is 0 Å². The summed E-state index contributed by atoms with van der Waals surface area (Å²) in [5.74, 6) is 1.83. The number of rotatable bonds is 5. The second kappa shape index (κ2) is 5.71. The molecule has 5 heteroatoms. The summed E-state index contributed by atoms with van der Waals surface area (Å²) >= 11 is 0. The van der Waals surface area contributed by atoms with Crippen molar-refractivity contribution in [1.82, 2.24) is 19.9 Å². The van der Waals surface area contributed by atoms with Crippen molar-refractivity contribution in [2.75, 3.05) is 45.8 Å². The van der Waals surface area contributed by atoms with E-state index in [0.717, 1.165) is 18.3 Å². The molecule has 3 aliphatic rings. The lowest BCUT2D eigenvalue weighted by Crippen LogP contribution is -2.62. The van der Waals surface area contributed by atoms with Crippen molar-refractivity contribution in [3.05, 3.63) is 17.5 Å². The van der Waals surface area contributed by atoms with Crippen LogP contribution in [0, 0.1) is 0 Å². The number of likely N-dealkylation sites (N-methyl/N-ethyl adjacent to an activating group) is 1. The van der Waals surface area contributed by atoms with Gasteiger partial charge >= 0.3 is 0 Å². The highest BCUT2D eigenvalue weighted by Crippen LogP contribution is 2.42. The molecule has 1 aromatic rings. The van der Waals surface area contributed by atoms with Crippen LogP contribution in [-0.4, -0.2) is 71.7 Å². The van der Waals surface area contributed by atoms with Gasteiger partial charge in [-0.3, -0.25) is 9.80 Å². The molecule has 0 aromatic carbocycles. The Morgan fingerprint density at radius 2 is 1.90 bits per heavy atom. The first kappa shape index (κ1) is 13.7. The summed E-state index contributed by atoms with van der Waals surface area (Å²) in [6, 6.07) is 0.772. The third-order valence-corrected chi connectivity index (χ3v) is 5.33. The Kier molecular flexibility index (Phi) is 3.73. The number of hydrogen-bond donors (Lipinski definition) is 0. The zero-order valence-electron chi connectivity index (χ0n) is 13.0. The van der Waals surface area contributed by atoms with Crippen LogP contribution < -0.4 is 0 Å². The van der Waals surface area contributed by atoms with Gasteiger partial charge in [-0.15, -0.1) is 0 Å². The zero-order valence-corrected chi connectivity index (χ0v) is 13.0. The molecule has 0 unspecified atom stereocenters. The third-order valence-electron chi connectivity index (χ3n) is 5.33.